The molecule has 3 aromatic rings. The quantitative estimate of drug-likeness (QED) is 0.346. The highest BCUT2D eigenvalue weighted by molar-refractivity contribution is 7.92. The van der Waals surface area contributed by atoms with Gasteiger partial charge in [0.15, 0.2) is 0 Å². The van der Waals surface area contributed by atoms with Crippen molar-refractivity contribution in [3.63, 3.8) is 0 Å². The molecule has 174 valence electrons. The molecule has 0 bridgehead atoms. The topological polar surface area (TPSA) is 95.5 Å². The Bertz CT molecular complexity index is 1420. The van der Waals surface area contributed by atoms with Gasteiger partial charge in [-0.05, 0) is 78.1 Å². The maximum Gasteiger partial charge on any atom is 0.335 e. The summed E-state index contributed by atoms with van der Waals surface area (Å²) in [6.45, 7) is 0. The van der Waals surface area contributed by atoms with Crippen molar-refractivity contribution in [2.75, 3.05) is 10.0 Å². The minimum absolute atomic E-state index is 0.00981. The van der Waals surface area contributed by atoms with E-state index in [1.54, 1.807) is 24.3 Å². The number of anilines is 2. The van der Waals surface area contributed by atoms with Crippen LogP contribution in [0.15, 0.2) is 77.7 Å². The number of nitrogens with one attached hydrogen (secondary N) is 2. The summed E-state index contributed by atoms with van der Waals surface area (Å²) in [4.78, 5) is 11.2. The van der Waals surface area contributed by atoms with Crippen molar-refractivity contribution >= 4 is 50.6 Å². The van der Waals surface area contributed by atoms with Gasteiger partial charge < -0.3 is 10.4 Å². The summed E-state index contributed by atoms with van der Waals surface area (Å²) in [6, 6.07) is 16.3. The third kappa shape index (κ3) is 4.15. The van der Waals surface area contributed by atoms with Crippen LogP contribution in [-0.4, -0.2) is 19.5 Å². The van der Waals surface area contributed by atoms with E-state index < -0.39 is 16.0 Å². The van der Waals surface area contributed by atoms with Gasteiger partial charge in [-0.15, -0.1) is 0 Å². The molecule has 0 aromatic heterocycles. The summed E-state index contributed by atoms with van der Waals surface area (Å²) in [5.74, 6) is -0.810. The Morgan fingerprint density at radius 3 is 2.47 bits per heavy atom. The van der Waals surface area contributed by atoms with Crippen molar-refractivity contribution in [1.29, 1.82) is 0 Å². The van der Waals surface area contributed by atoms with E-state index in [-0.39, 0.29) is 28.3 Å². The van der Waals surface area contributed by atoms with Crippen LogP contribution in [0.3, 0.4) is 0 Å². The second kappa shape index (κ2) is 8.65. The lowest BCUT2D eigenvalue weighted by atomic mass is 9.77. The number of fused-ring (bicyclic) bond motifs is 3. The third-order valence-corrected chi connectivity index (χ3v) is 8.45. The minimum Gasteiger partial charge on any atom is -0.478 e. The van der Waals surface area contributed by atoms with Crippen LogP contribution < -0.4 is 10.0 Å². The van der Waals surface area contributed by atoms with Gasteiger partial charge >= 0.3 is 5.97 Å². The maximum absolute atomic E-state index is 13.1. The smallest absolute Gasteiger partial charge is 0.335 e. The SMILES string of the molecule is O=C(O)c1ccc(NS(=O)(=O)c2ccc3c(c2)[C@H]2C=CC[C@H]2[C@@H](c2ccc(Cl)c(Cl)c2)N3)cc1. The van der Waals surface area contributed by atoms with E-state index in [1.807, 2.05) is 12.1 Å². The number of benzene rings is 3. The normalized spacial score (nSPS) is 20.8. The van der Waals surface area contributed by atoms with Crippen molar-refractivity contribution in [1.82, 2.24) is 0 Å². The van der Waals surface area contributed by atoms with Crippen molar-refractivity contribution in [3.05, 3.63) is 99.6 Å². The van der Waals surface area contributed by atoms with Crippen LogP contribution in [0.2, 0.25) is 10.0 Å². The second-order valence-electron chi connectivity index (χ2n) is 8.39. The third-order valence-electron chi connectivity index (χ3n) is 6.33. The number of carbonyl (C=O) groups is 1. The molecule has 1 heterocycles. The zero-order valence-electron chi connectivity index (χ0n) is 17.7. The van der Waals surface area contributed by atoms with Crippen molar-refractivity contribution in [2.45, 2.75) is 23.3 Å². The van der Waals surface area contributed by atoms with E-state index in [0.29, 0.717) is 15.7 Å². The van der Waals surface area contributed by atoms with Gasteiger partial charge in [0.2, 0.25) is 0 Å². The standard InChI is InChI=1S/C25H20Cl2N2O4S/c26-21-10-6-15(12-22(21)27)24-19-3-1-2-18(19)20-13-17(9-11-23(20)28-24)34(32,33)29-16-7-4-14(5-8-16)25(30)31/h1-2,4-13,18-19,24,28-29H,3H2,(H,30,31)/t18-,19+,24+/m0/s1. The number of carboxylic acid groups (broad SMARTS) is 1. The molecule has 0 saturated heterocycles. The predicted octanol–water partition coefficient (Wildman–Crippen LogP) is 6.32. The van der Waals surface area contributed by atoms with Crippen molar-refractivity contribution in [3.8, 4) is 0 Å². The summed E-state index contributed by atoms with van der Waals surface area (Å²) >= 11 is 12.4. The molecule has 0 spiro atoms. The number of hydrogen-bond donors (Lipinski definition) is 3. The maximum atomic E-state index is 13.1. The van der Waals surface area contributed by atoms with E-state index in [2.05, 4.69) is 22.2 Å². The summed E-state index contributed by atoms with van der Waals surface area (Å²) < 4.78 is 28.6. The molecular formula is C25H20Cl2N2O4S. The van der Waals surface area contributed by atoms with Gasteiger partial charge in [-0.2, -0.15) is 0 Å². The summed E-state index contributed by atoms with van der Waals surface area (Å²) in [5.41, 5.74) is 3.19. The number of sulfonamides is 1. The van der Waals surface area contributed by atoms with Gasteiger partial charge in [0.1, 0.15) is 0 Å². The van der Waals surface area contributed by atoms with Crippen LogP contribution in [0, 0.1) is 5.92 Å². The van der Waals surface area contributed by atoms with E-state index in [9.17, 15) is 13.2 Å². The number of carboxylic acids is 1. The van der Waals surface area contributed by atoms with Gasteiger partial charge in [0.25, 0.3) is 10.0 Å². The Balaban J connectivity index is 1.45. The second-order valence-corrected chi connectivity index (χ2v) is 10.9. The van der Waals surface area contributed by atoms with Crippen molar-refractivity contribution in [2.24, 2.45) is 5.92 Å². The van der Waals surface area contributed by atoms with Crippen LogP contribution in [0.25, 0.3) is 0 Å². The van der Waals surface area contributed by atoms with E-state index in [0.717, 1.165) is 23.2 Å². The zero-order valence-corrected chi connectivity index (χ0v) is 20.0. The highest BCUT2D eigenvalue weighted by atomic mass is 35.5. The van der Waals surface area contributed by atoms with Crippen molar-refractivity contribution < 1.29 is 18.3 Å². The van der Waals surface area contributed by atoms with Gasteiger partial charge in [0, 0.05) is 17.3 Å². The van der Waals surface area contributed by atoms with Crippen LogP contribution in [0.1, 0.15) is 39.9 Å². The molecule has 3 atom stereocenters. The molecular weight excluding hydrogens is 495 g/mol. The van der Waals surface area contributed by atoms with Crippen LogP contribution in [0.5, 0.6) is 0 Å². The van der Waals surface area contributed by atoms with Crippen LogP contribution in [-0.2, 0) is 10.0 Å². The van der Waals surface area contributed by atoms with Crippen LogP contribution in [0.4, 0.5) is 11.4 Å². The fourth-order valence-electron chi connectivity index (χ4n) is 4.67. The van der Waals surface area contributed by atoms with E-state index in [4.69, 9.17) is 28.3 Å². The number of hydrogen-bond acceptors (Lipinski definition) is 4. The lowest BCUT2D eigenvalue weighted by Crippen LogP contribution is -2.29. The highest BCUT2D eigenvalue weighted by Crippen LogP contribution is 2.50. The fourth-order valence-corrected chi connectivity index (χ4v) is 6.07. The average Bonchev–Trinajstić information content (AvgIpc) is 3.30. The molecule has 3 aromatic carbocycles. The zero-order chi connectivity index (χ0) is 24.0. The Kier molecular flexibility index (Phi) is 5.80. The first-order chi connectivity index (χ1) is 16.2. The molecule has 0 fully saturated rings. The first kappa shape index (κ1) is 22.8. The molecule has 0 amide bonds. The molecule has 3 N–H and O–H groups in total. The Morgan fingerprint density at radius 1 is 1.00 bits per heavy atom. The lowest BCUT2D eigenvalue weighted by Gasteiger charge is -2.37. The molecule has 0 saturated carbocycles. The summed E-state index contributed by atoms with van der Waals surface area (Å²) in [5, 5.41) is 13.6. The molecule has 2 aliphatic rings. The monoisotopic (exact) mass is 514 g/mol. The van der Waals surface area contributed by atoms with E-state index >= 15 is 0 Å². The molecule has 0 unspecified atom stereocenters. The van der Waals surface area contributed by atoms with Gasteiger partial charge in [-0.1, -0.05) is 41.4 Å². The molecule has 6 nitrogen and oxygen atoms in total. The van der Waals surface area contributed by atoms with E-state index in [1.165, 1.54) is 24.3 Å². The first-order valence-corrected chi connectivity index (χ1v) is 12.8. The molecule has 34 heavy (non-hydrogen) atoms. The molecule has 9 heteroatoms. The minimum atomic E-state index is -3.87. The fraction of sp³-hybridized carbons (Fsp3) is 0.160. The number of halogens is 2. The van der Waals surface area contributed by atoms with Gasteiger partial charge in [-0.25, -0.2) is 13.2 Å². The Morgan fingerprint density at radius 2 is 1.76 bits per heavy atom. The van der Waals surface area contributed by atoms with Gasteiger partial charge in [0.05, 0.1) is 26.5 Å². The Labute approximate surface area is 207 Å². The summed E-state index contributed by atoms with van der Waals surface area (Å²) in [7, 11) is -3.87. The molecule has 0 radical (unpaired) electrons. The summed E-state index contributed by atoms with van der Waals surface area (Å²) in [6.07, 6.45) is 5.11. The van der Waals surface area contributed by atoms with Crippen LogP contribution >= 0.6 is 23.2 Å². The lowest BCUT2D eigenvalue weighted by molar-refractivity contribution is 0.0697. The molecule has 1 aliphatic carbocycles. The average molecular weight is 515 g/mol. The number of aromatic carboxylic acids is 1. The largest absolute Gasteiger partial charge is 0.478 e. The number of rotatable bonds is 5. The Hall–Kier alpha value is -3.00. The predicted molar refractivity (Wildman–Crippen MR) is 133 cm³/mol. The first-order valence-electron chi connectivity index (χ1n) is 10.6. The number of allylic oxidation sites excluding steroid dienone is 2. The molecule has 1 aliphatic heterocycles. The highest BCUT2D eigenvalue weighted by Gasteiger charge is 2.38. The van der Waals surface area contributed by atoms with Gasteiger partial charge in [-0.3, -0.25) is 4.72 Å². The molecule has 5 rings (SSSR count).